The van der Waals surface area contributed by atoms with E-state index >= 15 is 0 Å². The first-order valence-electron chi connectivity index (χ1n) is 8.28. The minimum atomic E-state index is 0.300. The number of rotatable bonds is 4. The molecule has 0 aliphatic carbocycles. The number of imidazole rings is 1. The predicted molar refractivity (Wildman–Crippen MR) is 93.2 cm³/mol. The van der Waals surface area contributed by atoms with Crippen LogP contribution in [-0.4, -0.2) is 23.1 Å². The molecule has 2 atom stereocenters. The van der Waals surface area contributed by atoms with Crippen molar-refractivity contribution in [1.29, 1.82) is 0 Å². The van der Waals surface area contributed by atoms with Crippen molar-refractivity contribution >= 4 is 11.0 Å². The molecule has 1 fully saturated rings. The molecule has 4 rings (SSSR count). The van der Waals surface area contributed by atoms with Gasteiger partial charge < -0.3 is 16.0 Å². The van der Waals surface area contributed by atoms with E-state index in [-0.39, 0.29) is 0 Å². The molecular weight excluding hydrogens is 284 g/mol. The SMILES string of the molecule is NC[C@@H]1CN[C@@H](c2nc3cc(Cc4ccccc4)ccc3[nH]2)C1. The first kappa shape index (κ1) is 14.4. The fourth-order valence-corrected chi connectivity index (χ4v) is 3.37. The van der Waals surface area contributed by atoms with Crippen LogP contribution in [0, 0.1) is 5.92 Å². The Morgan fingerprint density at radius 3 is 2.74 bits per heavy atom. The smallest absolute Gasteiger partial charge is 0.124 e. The molecule has 23 heavy (non-hydrogen) atoms. The van der Waals surface area contributed by atoms with E-state index in [9.17, 15) is 0 Å². The van der Waals surface area contributed by atoms with E-state index in [2.05, 4.69) is 58.8 Å². The van der Waals surface area contributed by atoms with Gasteiger partial charge in [0.2, 0.25) is 0 Å². The number of H-pyrrole nitrogens is 1. The lowest BCUT2D eigenvalue weighted by molar-refractivity contribution is 0.563. The zero-order chi connectivity index (χ0) is 15.6. The van der Waals surface area contributed by atoms with E-state index < -0.39 is 0 Å². The van der Waals surface area contributed by atoms with Gasteiger partial charge in [-0.1, -0.05) is 36.4 Å². The van der Waals surface area contributed by atoms with Gasteiger partial charge in [-0.05, 0) is 55.1 Å². The molecule has 1 aliphatic rings. The molecule has 4 heteroatoms. The van der Waals surface area contributed by atoms with Crippen LogP contribution in [-0.2, 0) is 6.42 Å². The molecule has 0 unspecified atom stereocenters. The Hall–Kier alpha value is -2.17. The zero-order valence-corrected chi connectivity index (χ0v) is 13.1. The summed E-state index contributed by atoms with van der Waals surface area (Å²) in [5.41, 5.74) is 10.5. The summed E-state index contributed by atoms with van der Waals surface area (Å²) in [4.78, 5) is 8.27. The first-order valence-corrected chi connectivity index (χ1v) is 8.28. The second-order valence-electron chi connectivity index (χ2n) is 6.43. The molecule has 4 N–H and O–H groups in total. The maximum atomic E-state index is 5.77. The molecule has 0 saturated carbocycles. The minimum Gasteiger partial charge on any atom is -0.341 e. The van der Waals surface area contributed by atoms with Crippen molar-refractivity contribution in [1.82, 2.24) is 15.3 Å². The Morgan fingerprint density at radius 2 is 1.96 bits per heavy atom. The topological polar surface area (TPSA) is 66.7 Å². The molecule has 2 heterocycles. The third-order valence-corrected chi connectivity index (χ3v) is 4.70. The summed E-state index contributed by atoms with van der Waals surface area (Å²) in [6, 6.07) is 17.4. The van der Waals surface area contributed by atoms with Crippen LogP contribution >= 0.6 is 0 Å². The highest BCUT2D eigenvalue weighted by Gasteiger charge is 2.26. The quantitative estimate of drug-likeness (QED) is 0.694. The highest BCUT2D eigenvalue weighted by atomic mass is 15.0. The average Bonchev–Trinajstić information content (AvgIpc) is 3.21. The molecule has 2 aromatic carbocycles. The van der Waals surface area contributed by atoms with Crippen molar-refractivity contribution < 1.29 is 0 Å². The van der Waals surface area contributed by atoms with Crippen LogP contribution < -0.4 is 11.1 Å². The van der Waals surface area contributed by atoms with Crippen LogP contribution in [0.3, 0.4) is 0 Å². The number of hydrogen-bond acceptors (Lipinski definition) is 3. The number of aromatic nitrogens is 2. The van der Waals surface area contributed by atoms with E-state index in [0.29, 0.717) is 12.0 Å². The van der Waals surface area contributed by atoms with Gasteiger partial charge >= 0.3 is 0 Å². The van der Waals surface area contributed by atoms with Crippen LogP contribution in [0.2, 0.25) is 0 Å². The zero-order valence-electron chi connectivity index (χ0n) is 13.1. The summed E-state index contributed by atoms with van der Waals surface area (Å²) < 4.78 is 0. The standard InChI is InChI=1S/C19H22N4/c20-11-15-10-18(21-12-15)19-22-16-7-6-14(9-17(16)23-19)8-13-4-2-1-3-5-13/h1-7,9,15,18,21H,8,10-12,20H2,(H,22,23)/t15-,18-/m1/s1. The molecule has 4 nitrogen and oxygen atoms in total. The summed E-state index contributed by atoms with van der Waals surface area (Å²) in [7, 11) is 0. The summed E-state index contributed by atoms with van der Waals surface area (Å²) in [5.74, 6) is 1.59. The van der Waals surface area contributed by atoms with Crippen LogP contribution in [0.1, 0.15) is 29.4 Å². The number of nitrogens with zero attached hydrogens (tertiary/aromatic N) is 1. The molecule has 1 saturated heterocycles. The number of hydrogen-bond donors (Lipinski definition) is 3. The number of aromatic amines is 1. The average molecular weight is 306 g/mol. The van der Waals surface area contributed by atoms with Gasteiger partial charge in [-0.15, -0.1) is 0 Å². The normalized spacial score (nSPS) is 21.1. The summed E-state index contributed by atoms with van der Waals surface area (Å²) >= 11 is 0. The molecule has 1 aliphatic heterocycles. The lowest BCUT2D eigenvalue weighted by Gasteiger charge is -2.05. The van der Waals surface area contributed by atoms with Crippen molar-refractivity contribution in [2.75, 3.05) is 13.1 Å². The molecule has 0 radical (unpaired) electrons. The Morgan fingerprint density at radius 1 is 1.09 bits per heavy atom. The largest absolute Gasteiger partial charge is 0.341 e. The fraction of sp³-hybridized carbons (Fsp3) is 0.316. The third-order valence-electron chi connectivity index (χ3n) is 4.70. The van der Waals surface area contributed by atoms with Gasteiger partial charge in [-0.2, -0.15) is 0 Å². The van der Waals surface area contributed by atoms with Gasteiger partial charge in [0.15, 0.2) is 0 Å². The van der Waals surface area contributed by atoms with Gasteiger partial charge in [0.05, 0.1) is 17.1 Å². The van der Waals surface area contributed by atoms with Gasteiger partial charge in [0, 0.05) is 0 Å². The highest BCUT2D eigenvalue weighted by Crippen LogP contribution is 2.27. The van der Waals surface area contributed by atoms with Crippen LogP contribution in [0.4, 0.5) is 0 Å². The van der Waals surface area contributed by atoms with Gasteiger partial charge in [0.25, 0.3) is 0 Å². The maximum Gasteiger partial charge on any atom is 0.124 e. The minimum absolute atomic E-state index is 0.300. The monoisotopic (exact) mass is 306 g/mol. The van der Waals surface area contributed by atoms with Crippen LogP contribution in [0.25, 0.3) is 11.0 Å². The molecule has 3 aromatic rings. The van der Waals surface area contributed by atoms with Crippen molar-refractivity contribution in [3.05, 3.63) is 65.5 Å². The van der Waals surface area contributed by atoms with E-state index in [4.69, 9.17) is 10.7 Å². The number of benzene rings is 2. The molecule has 0 spiro atoms. The second kappa shape index (κ2) is 6.14. The molecular formula is C19H22N4. The van der Waals surface area contributed by atoms with Crippen LogP contribution in [0.15, 0.2) is 48.5 Å². The Bertz CT molecular complexity index is 793. The van der Waals surface area contributed by atoms with Crippen molar-refractivity contribution in [3.8, 4) is 0 Å². The summed E-state index contributed by atoms with van der Waals surface area (Å²) in [6.07, 6.45) is 2.00. The maximum absolute atomic E-state index is 5.77. The molecule has 0 bridgehead atoms. The second-order valence-corrected chi connectivity index (χ2v) is 6.43. The van der Waals surface area contributed by atoms with E-state index in [1.165, 1.54) is 11.1 Å². The van der Waals surface area contributed by atoms with E-state index in [0.717, 1.165) is 42.8 Å². The van der Waals surface area contributed by atoms with Gasteiger partial charge in [-0.25, -0.2) is 4.98 Å². The number of nitrogens with one attached hydrogen (secondary N) is 2. The number of fused-ring (bicyclic) bond motifs is 1. The van der Waals surface area contributed by atoms with E-state index in [1.807, 2.05) is 0 Å². The summed E-state index contributed by atoms with van der Waals surface area (Å²) in [6.45, 7) is 1.72. The lowest BCUT2D eigenvalue weighted by Crippen LogP contribution is -2.17. The Kier molecular flexibility index (Phi) is 3.85. The fourth-order valence-electron chi connectivity index (χ4n) is 3.37. The number of nitrogens with two attached hydrogens (primary N) is 1. The van der Waals surface area contributed by atoms with E-state index in [1.54, 1.807) is 0 Å². The third kappa shape index (κ3) is 3.00. The summed E-state index contributed by atoms with van der Waals surface area (Å²) in [5, 5.41) is 3.52. The Labute approximate surface area is 136 Å². The molecule has 1 aromatic heterocycles. The Balaban J connectivity index is 1.57. The first-order chi connectivity index (χ1) is 11.3. The van der Waals surface area contributed by atoms with Crippen molar-refractivity contribution in [2.24, 2.45) is 11.7 Å². The van der Waals surface area contributed by atoms with Crippen molar-refractivity contribution in [3.63, 3.8) is 0 Å². The lowest BCUT2D eigenvalue weighted by atomic mass is 10.0. The highest BCUT2D eigenvalue weighted by molar-refractivity contribution is 5.76. The van der Waals surface area contributed by atoms with Gasteiger partial charge in [-0.3, -0.25) is 0 Å². The predicted octanol–water partition coefficient (Wildman–Crippen LogP) is 2.76. The van der Waals surface area contributed by atoms with Crippen molar-refractivity contribution in [2.45, 2.75) is 18.9 Å². The van der Waals surface area contributed by atoms with Crippen LogP contribution in [0.5, 0.6) is 0 Å². The molecule has 0 amide bonds. The molecule has 118 valence electrons. The van der Waals surface area contributed by atoms with Gasteiger partial charge in [0.1, 0.15) is 5.82 Å².